The summed E-state index contributed by atoms with van der Waals surface area (Å²) < 4.78 is 0. The molecule has 104 valence electrons. The summed E-state index contributed by atoms with van der Waals surface area (Å²) in [6.45, 7) is 8.40. The molecule has 0 aliphatic rings. The average molecular weight is 245 g/mol. The van der Waals surface area contributed by atoms with Gasteiger partial charge in [-0.15, -0.1) is 0 Å². The number of rotatable bonds is 8. The molecule has 0 aromatic rings. The van der Waals surface area contributed by atoms with Crippen LogP contribution < -0.4 is 5.73 Å². The Morgan fingerprint density at radius 3 is 1.88 bits per heavy atom. The highest BCUT2D eigenvalue weighted by Crippen LogP contribution is 2.05. The van der Waals surface area contributed by atoms with Crippen LogP contribution >= 0.6 is 0 Å². The van der Waals surface area contributed by atoms with E-state index in [4.69, 9.17) is 10.8 Å². The Morgan fingerprint density at radius 2 is 1.59 bits per heavy atom. The van der Waals surface area contributed by atoms with Crippen LogP contribution in [0.5, 0.6) is 0 Å². The predicted molar refractivity (Wildman–Crippen MR) is 74.2 cm³/mol. The Hall–Kier alpha value is -0.570. The molecule has 0 heterocycles. The fraction of sp³-hybridized carbons (Fsp3) is 0.929. The molecule has 0 aliphatic heterocycles. The van der Waals surface area contributed by atoms with E-state index in [0.717, 1.165) is 19.3 Å². The molecule has 3 N–H and O–H groups in total. The second kappa shape index (κ2) is 11.9. The van der Waals surface area contributed by atoms with E-state index >= 15 is 0 Å². The third-order valence-electron chi connectivity index (χ3n) is 2.39. The van der Waals surface area contributed by atoms with Crippen molar-refractivity contribution in [3.05, 3.63) is 0 Å². The number of hydrogen-bond donors (Lipinski definition) is 2. The van der Waals surface area contributed by atoms with Gasteiger partial charge in [-0.05, 0) is 26.7 Å². The van der Waals surface area contributed by atoms with E-state index in [1.807, 2.05) is 0 Å². The van der Waals surface area contributed by atoms with E-state index in [0.29, 0.717) is 6.42 Å². The van der Waals surface area contributed by atoms with Crippen molar-refractivity contribution in [1.82, 2.24) is 0 Å². The van der Waals surface area contributed by atoms with Gasteiger partial charge in [0.15, 0.2) is 0 Å². The van der Waals surface area contributed by atoms with Crippen LogP contribution in [0.25, 0.3) is 0 Å². The summed E-state index contributed by atoms with van der Waals surface area (Å²) in [7, 11) is 0. The zero-order valence-electron chi connectivity index (χ0n) is 12.1. The van der Waals surface area contributed by atoms with Crippen molar-refractivity contribution < 1.29 is 9.90 Å². The van der Waals surface area contributed by atoms with Crippen molar-refractivity contribution in [2.45, 2.75) is 84.6 Å². The molecule has 0 fully saturated rings. The van der Waals surface area contributed by atoms with Crippen molar-refractivity contribution in [3.8, 4) is 0 Å². The van der Waals surface area contributed by atoms with Crippen LogP contribution in [0.4, 0.5) is 0 Å². The smallest absolute Gasteiger partial charge is 0.303 e. The highest BCUT2D eigenvalue weighted by atomic mass is 16.4. The topological polar surface area (TPSA) is 63.3 Å². The Bertz CT molecular complexity index is 174. The van der Waals surface area contributed by atoms with Gasteiger partial charge in [-0.3, -0.25) is 4.79 Å². The summed E-state index contributed by atoms with van der Waals surface area (Å²) >= 11 is 0. The van der Waals surface area contributed by atoms with Crippen LogP contribution in [0.1, 0.15) is 79.1 Å². The largest absolute Gasteiger partial charge is 0.481 e. The number of nitrogens with two attached hydrogens (primary N) is 1. The highest BCUT2D eigenvalue weighted by molar-refractivity contribution is 5.66. The minimum atomic E-state index is -0.670. The number of aliphatic carboxylic acids is 1. The molecule has 0 unspecified atom stereocenters. The van der Waals surface area contributed by atoms with Gasteiger partial charge in [0.2, 0.25) is 0 Å². The van der Waals surface area contributed by atoms with E-state index in [9.17, 15) is 4.79 Å². The van der Waals surface area contributed by atoms with E-state index in [1.54, 1.807) is 0 Å². The Balaban J connectivity index is 0. The second-order valence-corrected chi connectivity index (χ2v) is 5.30. The zero-order chi connectivity index (χ0) is 13.7. The first-order valence-electron chi connectivity index (χ1n) is 6.84. The fourth-order valence-corrected chi connectivity index (χ4v) is 1.52. The quantitative estimate of drug-likeness (QED) is 0.636. The minimum absolute atomic E-state index is 0.0503. The van der Waals surface area contributed by atoms with Crippen LogP contribution in [0.3, 0.4) is 0 Å². The molecule has 3 nitrogen and oxygen atoms in total. The predicted octanol–water partition coefficient (Wildman–Crippen LogP) is 3.96. The van der Waals surface area contributed by atoms with E-state index in [-0.39, 0.29) is 5.54 Å². The van der Waals surface area contributed by atoms with Crippen molar-refractivity contribution in [3.63, 3.8) is 0 Å². The standard InChI is InChI=1S/C8H16O2.C6H15N/c1-2-3-4-5-6-7-8(9)10;1-4-5-6(2,3)7/h2-7H2,1H3,(H,9,10);4-5,7H2,1-3H3. The molecule has 0 saturated carbocycles. The van der Waals surface area contributed by atoms with Gasteiger partial charge in [-0.2, -0.15) is 0 Å². The Labute approximate surface area is 107 Å². The van der Waals surface area contributed by atoms with Gasteiger partial charge in [0.05, 0.1) is 0 Å². The highest BCUT2D eigenvalue weighted by Gasteiger charge is 2.06. The first-order chi connectivity index (χ1) is 7.83. The monoisotopic (exact) mass is 245 g/mol. The van der Waals surface area contributed by atoms with E-state index in [1.165, 1.54) is 25.7 Å². The summed E-state index contributed by atoms with van der Waals surface area (Å²) in [5.41, 5.74) is 5.70. The lowest BCUT2D eigenvalue weighted by Gasteiger charge is -2.15. The van der Waals surface area contributed by atoms with Crippen molar-refractivity contribution in [2.75, 3.05) is 0 Å². The molecule has 0 aliphatic carbocycles. The van der Waals surface area contributed by atoms with Crippen LogP contribution in [-0.2, 0) is 4.79 Å². The lowest BCUT2D eigenvalue weighted by atomic mass is 10.0. The van der Waals surface area contributed by atoms with Crippen molar-refractivity contribution in [1.29, 1.82) is 0 Å². The fourth-order valence-electron chi connectivity index (χ4n) is 1.52. The third kappa shape index (κ3) is 25.6. The summed E-state index contributed by atoms with van der Waals surface area (Å²) in [5, 5.41) is 8.27. The number of carboxylic acid groups (broad SMARTS) is 1. The van der Waals surface area contributed by atoms with Gasteiger partial charge in [-0.1, -0.05) is 46.0 Å². The first-order valence-corrected chi connectivity index (χ1v) is 6.84. The van der Waals surface area contributed by atoms with E-state index in [2.05, 4.69) is 27.7 Å². The molecule has 0 saturated heterocycles. The lowest BCUT2D eigenvalue weighted by molar-refractivity contribution is -0.137. The van der Waals surface area contributed by atoms with Gasteiger partial charge >= 0.3 is 5.97 Å². The Kier molecular flexibility index (Phi) is 13.2. The van der Waals surface area contributed by atoms with Crippen LogP contribution in [0.15, 0.2) is 0 Å². The Morgan fingerprint density at radius 1 is 1.06 bits per heavy atom. The molecule has 0 aromatic carbocycles. The average Bonchev–Trinajstić information content (AvgIpc) is 2.16. The van der Waals surface area contributed by atoms with Gasteiger partial charge in [0.1, 0.15) is 0 Å². The number of unbranched alkanes of at least 4 members (excludes halogenated alkanes) is 4. The molecule has 0 bridgehead atoms. The number of carboxylic acids is 1. The molecule has 17 heavy (non-hydrogen) atoms. The molecule has 0 aromatic heterocycles. The maximum atomic E-state index is 10.0. The van der Waals surface area contributed by atoms with Gasteiger partial charge < -0.3 is 10.8 Å². The van der Waals surface area contributed by atoms with Crippen LogP contribution in [0, 0.1) is 0 Å². The summed E-state index contributed by atoms with van der Waals surface area (Å²) in [6.07, 6.45) is 8.19. The third-order valence-corrected chi connectivity index (χ3v) is 2.39. The van der Waals surface area contributed by atoms with Crippen LogP contribution in [0.2, 0.25) is 0 Å². The summed E-state index contributed by atoms with van der Waals surface area (Å²) in [5.74, 6) is -0.670. The molecule has 0 atom stereocenters. The lowest BCUT2D eigenvalue weighted by Crippen LogP contribution is -2.31. The van der Waals surface area contributed by atoms with Gasteiger partial charge in [0.25, 0.3) is 0 Å². The zero-order valence-corrected chi connectivity index (χ0v) is 12.1. The maximum Gasteiger partial charge on any atom is 0.303 e. The van der Waals surface area contributed by atoms with E-state index < -0.39 is 5.97 Å². The molecule has 0 spiro atoms. The van der Waals surface area contributed by atoms with Gasteiger partial charge in [0, 0.05) is 12.0 Å². The SMILES string of the molecule is CCCC(C)(C)N.CCCCCCCC(=O)O. The number of hydrogen-bond acceptors (Lipinski definition) is 2. The minimum Gasteiger partial charge on any atom is -0.481 e. The van der Waals surface area contributed by atoms with Crippen molar-refractivity contribution in [2.24, 2.45) is 5.73 Å². The molecule has 0 radical (unpaired) electrons. The normalized spacial score (nSPS) is 10.6. The molecular formula is C14H31NO2. The molecular weight excluding hydrogens is 214 g/mol. The molecule has 0 amide bonds. The molecule has 3 heteroatoms. The maximum absolute atomic E-state index is 10.0. The first kappa shape index (κ1) is 18.8. The second-order valence-electron chi connectivity index (χ2n) is 5.30. The summed E-state index contributed by atoms with van der Waals surface area (Å²) in [4.78, 5) is 10.0. The van der Waals surface area contributed by atoms with Gasteiger partial charge in [-0.25, -0.2) is 0 Å². The number of carbonyl (C=O) groups is 1. The summed E-state index contributed by atoms with van der Waals surface area (Å²) in [6, 6.07) is 0. The van der Waals surface area contributed by atoms with Crippen molar-refractivity contribution >= 4 is 5.97 Å². The molecule has 0 rings (SSSR count). The van der Waals surface area contributed by atoms with Crippen LogP contribution in [-0.4, -0.2) is 16.6 Å².